The van der Waals surface area contributed by atoms with Crippen LogP contribution in [0.4, 0.5) is 5.69 Å². The Hall–Kier alpha value is -3.01. The van der Waals surface area contributed by atoms with E-state index in [1.807, 2.05) is 30.3 Å². The van der Waals surface area contributed by atoms with Gasteiger partial charge in [0.25, 0.3) is 0 Å². The van der Waals surface area contributed by atoms with Crippen molar-refractivity contribution in [1.82, 2.24) is 0 Å². The summed E-state index contributed by atoms with van der Waals surface area (Å²) < 4.78 is 0. The van der Waals surface area contributed by atoms with E-state index >= 15 is 0 Å². The van der Waals surface area contributed by atoms with Crippen molar-refractivity contribution in [3.05, 3.63) is 71.3 Å². The van der Waals surface area contributed by atoms with Crippen LogP contribution in [0, 0.1) is 0 Å². The number of hydrogen-bond acceptors (Lipinski definition) is 3. The molecule has 0 atom stereocenters. The highest BCUT2D eigenvalue weighted by Gasteiger charge is 2.26. The molecule has 1 aliphatic rings. The standard InChI is InChI=1S/C18H13NO3/c1-11(20)19-13-7-8-14-15(12-5-3-2-4-6-12)10-17(21)18(22)16(14)9-13/h2-10H,1H3,(H,19,20). The lowest BCUT2D eigenvalue weighted by atomic mass is 9.85. The van der Waals surface area contributed by atoms with Crippen molar-refractivity contribution < 1.29 is 14.4 Å². The molecule has 1 aliphatic carbocycles. The molecular weight excluding hydrogens is 278 g/mol. The molecule has 1 amide bonds. The van der Waals surface area contributed by atoms with E-state index in [1.54, 1.807) is 18.2 Å². The summed E-state index contributed by atoms with van der Waals surface area (Å²) in [4.78, 5) is 35.2. The Bertz CT molecular complexity index is 819. The van der Waals surface area contributed by atoms with Crippen LogP contribution in [0.15, 0.2) is 54.6 Å². The first-order valence-corrected chi connectivity index (χ1v) is 6.84. The maximum Gasteiger partial charge on any atom is 0.233 e. The molecule has 0 bridgehead atoms. The smallest absolute Gasteiger partial charge is 0.233 e. The van der Waals surface area contributed by atoms with Crippen LogP contribution in [0.1, 0.15) is 28.4 Å². The Morgan fingerprint density at radius 1 is 0.955 bits per heavy atom. The van der Waals surface area contributed by atoms with Gasteiger partial charge in [-0.15, -0.1) is 0 Å². The highest BCUT2D eigenvalue weighted by Crippen LogP contribution is 2.32. The monoisotopic (exact) mass is 291 g/mol. The fourth-order valence-electron chi connectivity index (χ4n) is 2.51. The van der Waals surface area contributed by atoms with Gasteiger partial charge in [-0.05, 0) is 34.9 Å². The van der Waals surface area contributed by atoms with Crippen LogP contribution in [0.2, 0.25) is 0 Å². The minimum Gasteiger partial charge on any atom is -0.326 e. The highest BCUT2D eigenvalue weighted by atomic mass is 16.2. The molecule has 0 unspecified atom stereocenters. The van der Waals surface area contributed by atoms with Crippen LogP contribution < -0.4 is 5.32 Å². The molecule has 0 spiro atoms. The number of allylic oxidation sites excluding steroid dienone is 1. The van der Waals surface area contributed by atoms with Gasteiger partial charge in [0.15, 0.2) is 0 Å². The molecule has 2 aromatic carbocycles. The third-order valence-electron chi connectivity index (χ3n) is 3.46. The summed E-state index contributed by atoms with van der Waals surface area (Å²) in [6, 6.07) is 14.4. The number of hydrogen-bond donors (Lipinski definition) is 1. The van der Waals surface area contributed by atoms with Crippen molar-refractivity contribution in [3.8, 4) is 0 Å². The first-order chi connectivity index (χ1) is 10.6. The van der Waals surface area contributed by atoms with Gasteiger partial charge in [-0.3, -0.25) is 14.4 Å². The molecule has 0 saturated heterocycles. The molecular formula is C18H13NO3. The number of carbonyl (C=O) groups is 3. The second-order valence-corrected chi connectivity index (χ2v) is 5.06. The SMILES string of the molecule is CC(=O)Nc1ccc2c(c1)C(=O)C(=O)C=C2c1ccccc1. The molecule has 4 heteroatoms. The Morgan fingerprint density at radius 2 is 1.68 bits per heavy atom. The van der Waals surface area contributed by atoms with Crippen LogP contribution in [-0.4, -0.2) is 17.5 Å². The Balaban J connectivity index is 2.14. The highest BCUT2D eigenvalue weighted by molar-refractivity contribution is 6.51. The quantitative estimate of drug-likeness (QED) is 0.865. The molecule has 0 aliphatic heterocycles. The third-order valence-corrected chi connectivity index (χ3v) is 3.46. The second-order valence-electron chi connectivity index (χ2n) is 5.06. The van der Waals surface area contributed by atoms with Crippen LogP contribution >= 0.6 is 0 Å². The lowest BCUT2D eigenvalue weighted by molar-refractivity contribution is -0.114. The van der Waals surface area contributed by atoms with Gasteiger partial charge >= 0.3 is 0 Å². The predicted octanol–water partition coefficient (Wildman–Crippen LogP) is 2.84. The zero-order valence-electron chi connectivity index (χ0n) is 11.9. The van der Waals surface area contributed by atoms with Crippen molar-refractivity contribution in [1.29, 1.82) is 0 Å². The van der Waals surface area contributed by atoms with E-state index in [0.29, 0.717) is 16.8 Å². The zero-order chi connectivity index (χ0) is 15.7. The molecule has 0 heterocycles. The summed E-state index contributed by atoms with van der Waals surface area (Å²) in [6.07, 6.45) is 1.37. The van der Waals surface area contributed by atoms with Crippen molar-refractivity contribution in [3.63, 3.8) is 0 Å². The van der Waals surface area contributed by atoms with Gasteiger partial charge in [-0.2, -0.15) is 0 Å². The summed E-state index contributed by atoms with van der Waals surface area (Å²) in [6.45, 7) is 1.39. The van der Waals surface area contributed by atoms with E-state index in [2.05, 4.69) is 5.32 Å². The summed E-state index contributed by atoms with van der Waals surface area (Å²) in [7, 11) is 0. The van der Waals surface area contributed by atoms with E-state index in [-0.39, 0.29) is 5.91 Å². The number of anilines is 1. The molecule has 0 aromatic heterocycles. The van der Waals surface area contributed by atoms with Crippen LogP contribution in [0.25, 0.3) is 5.57 Å². The summed E-state index contributed by atoms with van der Waals surface area (Å²) in [5, 5.41) is 2.62. The van der Waals surface area contributed by atoms with Gasteiger partial charge in [0.1, 0.15) is 0 Å². The maximum absolute atomic E-state index is 12.1. The number of benzene rings is 2. The average Bonchev–Trinajstić information content (AvgIpc) is 2.51. The Kier molecular flexibility index (Phi) is 3.43. The first-order valence-electron chi connectivity index (χ1n) is 6.84. The van der Waals surface area contributed by atoms with Crippen molar-refractivity contribution in [2.45, 2.75) is 6.92 Å². The number of fused-ring (bicyclic) bond motifs is 1. The van der Waals surface area contributed by atoms with Crippen molar-refractivity contribution in [2.24, 2.45) is 0 Å². The van der Waals surface area contributed by atoms with E-state index in [9.17, 15) is 14.4 Å². The largest absolute Gasteiger partial charge is 0.326 e. The zero-order valence-corrected chi connectivity index (χ0v) is 11.9. The van der Waals surface area contributed by atoms with Crippen molar-refractivity contribution in [2.75, 3.05) is 5.32 Å². The molecule has 1 N–H and O–H groups in total. The predicted molar refractivity (Wildman–Crippen MR) is 83.6 cm³/mol. The molecule has 3 rings (SSSR count). The lowest BCUT2D eigenvalue weighted by Gasteiger charge is -2.17. The molecule has 4 nitrogen and oxygen atoms in total. The third kappa shape index (κ3) is 2.46. The number of rotatable bonds is 2. The Morgan fingerprint density at radius 3 is 2.36 bits per heavy atom. The molecule has 2 aromatic rings. The lowest BCUT2D eigenvalue weighted by Crippen LogP contribution is -2.19. The van der Waals surface area contributed by atoms with Gasteiger partial charge in [0.05, 0.1) is 0 Å². The topological polar surface area (TPSA) is 63.2 Å². The van der Waals surface area contributed by atoms with E-state index in [0.717, 1.165) is 11.1 Å². The second kappa shape index (κ2) is 5.41. The van der Waals surface area contributed by atoms with Crippen LogP contribution in [0.5, 0.6) is 0 Å². The van der Waals surface area contributed by atoms with Gasteiger partial charge in [0.2, 0.25) is 17.5 Å². The van der Waals surface area contributed by atoms with Gasteiger partial charge < -0.3 is 5.32 Å². The van der Waals surface area contributed by atoms with Crippen LogP contribution in [-0.2, 0) is 9.59 Å². The van der Waals surface area contributed by atoms with Gasteiger partial charge in [-0.1, -0.05) is 36.4 Å². The number of Topliss-reactive ketones (excluding diaryl/α,β-unsaturated/α-hetero) is 1. The number of amides is 1. The van der Waals surface area contributed by atoms with Gasteiger partial charge in [0, 0.05) is 18.2 Å². The minimum atomic E-state index is -0.554. The van der Waals surface area contributed by atoms with E-state index in [4.69, 9.17) is 0 Å². The molecule has 0 radical (unpaired) electrons. The summed E-state index contributed by atoms with van der Waals surface area (Å²) in [5.74, 6) is -1.33. The average molecular weight is 291 g/mol. The minimum absolute atomic E-state index is 0.228. The van der Waals surface area contributed by atoms with Gasteiger partial charge in [-0.25, -0.2) is 0 Å². The molecule has 22 heavy (non-hydrogen) atoms. The number of carbonyl (C=O) groups excluding carboxylic acids is 3. The normalized spacial score (nSPS) is 13.4. The number of ketones is 2. The van der Waals surface area contributed by atoms with E-state index < -0.39 is 11.6 Å². The fourth-order valence-corrected chi connectivity index (χ4v) is 2.51. The molecule has 0 fully saturated rings. The maximum atomic E-state index is 12.1. The summed E-state index contributed by atoms with van der Waals surface area (Å²) >= 11 is 0. The Labute approximate surface area is 127 Å². The molecule has 108 valence electrons. The first kappa shape index (κ1) is 13.9. The van der Waals surface area contributed by atoms with E-state index in [1.165, 1.54) is 13.0 Å². The molecule has 0 saturated carbocycles. The number of nitrogens with one attached hydrogen (secondary N) is 1. The van der Waals surface area contributed by atoms with Crippen molar-refractivity contribution >= 4 is 28.7 Å². The summed E-state index contributed by atoms with van der Waals surface area (Å²) in [5.41, 5.74) is 3.11. The fraction of sp³-hybridized carbons (Fsp3) is 0.0556. The van der Waals surface area contributed by atoms with Crippen LogP contribution in [0.3, 0.4) is 0 Å².